The van der Waals surface area contributed by atoms with E-state index in [1.807, 2.05) is 13.0 Å². The number of hydrogen-bond acceptors (Lipinski definition) is 6. The van der Waals surface area contributed by atoms with E-state index in [9.17, 15) is 5.11 Å². The van der Waals surface area contributed by atoms with E-state index >= 15 is 0 Å². The zero-order chi connectivity index (χ0) is 13.0. The Balaban J connectivity index is 2.18. The highest BCUT2D eigenvalue weighted by Gasteiger charge is 2.31. The highest BCUT2D eigenvalue weighted by Crippen LogP contribution is 2.31. The summed E-state index contributed by atoms with van der Waals surface area (Å²) < 4.78 is 0. The normalized spacial score (nSPS) is 18.4. The molecule has 1 aliphatic rings. The molecule has 0 aliphatic heterocycles. The second-order valence-corrected chi connectivity index (χ2v) is 4.99. The minimum Gasteiger partial charge on any atom is -0.394 e. The van der Waals surface area contributed by atoms with Gasteiger partial charge in [0.1, 0.15) is 5.82 Å². The lowest BCUT2D eigenvalue weighted by Crippen LogP contribution is -2.44. The van der Waals surface area contributed by atoms with Crippen LogP contribution in [-0.4, -0.2) is 27.2 Å². The first kappa shape index (κ1) is 13.0. The van der Waals surface area contributed by atoms with E-state index in [1.165, 1.54) is 6.42 Å². The molecule has 2 rings (SSSR count). The average molecular weight is 251 g/mol. The van der Waals surface area contributed by atoms with Gasteiger partial charge in [-0.15, -0.1) is 0 Å². The predicted molar refractivity (Wildman–Crippen MR) is 71.1 cm³/mol. The van der Waals surface area contributed by atoms with Gasteiger partial charge in [0.15, 0.2) is 0 Å². The first-order chi connectivity index (χ1) is 8.67. The molecule has 0 atom stereocenters. The summed E-state index contributed by atoms with van der Waals surface area (Å²) >= 11 is 0. The van der Waals surface area contributed by atoms with E-state index in [1.54, 1.807) is 0 Å². The molecule has 0 radical (unpaired) electrons. The summed E-state index contributed by atoms with van der Waals surface area (Å²) in [7, 11) is 0. The summed E-state index contributed by atoms with van der Waals surface area (Å²) in [5, 5.41) is 13.0. The summed E-state index contributed by atoms with van der Waals surface area (Å²) in [5.41, 5.74) is 3.04. The van der Waals surface area contributed by atoms with Crippen LogP contribution in [-0.2, 0) is 0 Å². The Kier molecular flexibility index (Phi) is 3.98. The molecule has 0 saturated heterocycles. The Hall–Kier alpha value is -1.40. The van der Waals surface area contributed by atoms with Crippen LogP contribution in [0, 0.1) is 6.92 Å². The minimum atomic E-state index is -0.245. The molecule has 0 amide bonds. The van der Waals surface area contributed by atoms with Crippen LogP contribution >= 0.6 is 0 Å². The van der Waals surface area contributed by atoms with E-state index in [0.717, 1.165) is 31.4 Å². The van der Waals surface area contributed by atoms with Gasteiger partial charge in [0.05, 0.1) is 12.1 Å². The largest absolute Gasteiger partial charge is 0.394 e. The number of hydrogen-bond donors (Lipinski definition) is 4. The van der Waals surface area contributed by atoms with Crippen molar-refractivity contribution >= 4 is 11.8 Å². The Labute approximate surface area is 107 Å². The second-order valence-electron chi connectivity index (χ2n) is 4.99. The van der Waals surface area contributed by atoms with Crippen LogP contribution in [0.2, 0.25) is 0 Å². The first-order valence-corrected chi connectivity index (χ1v) is 6.39. The van der Waals surface area contributed by atoms with Crippen molar-refractivity contribution in [2.24, 2.45) is 5.84 Å². The molecule has 1 aliphatic carbocycles. The lowest BCUT2D eigenvalue weighted by molar-refractivity contribution is 0.172. The third-order valence-electron chi connectivity index (χ3n) is 3.49. The van der Waals surface area contributed by atoms with E-state index < -0.39 is 0 Å². The highest BCUT2D eigenvalue weighted by molar-refractivity contribution is 5.44. The highest BCUT2D eigenvalue weighted by atomic mass is 16.3. The first-order valence-electron chi connectivity index (χ1n) is 6.39. The van der Waals surface area contributed by atoms with Gasteiger partial charge >= 0.3 is 0 Å². The van der Waals surface area contributed by atoms with Crippen LogP contribution in [0.5, 0.6) is 0 Å². The summed E-state index contributed by atoms with van der Waals surface area (Å²) in [6.07, 6.45) is 5.46. The molecule has 100 valence electrons. The maximum Gasteiger partial charge on any atom is 0.239 e. The zero-order valence-electron chi connectivity index (χ0n) is 10.7. The van der Waals surface area contributed by atoms with Gasteiger partial charge in [-0.05, 0) is 19.8 Å². The van der Waals surface area contributed by atoms with E-state index in [2.05, 4.69) is 20.7 Å². The van der Waals surface area contributed by atoms with Crippen molar-refractivity contribution in [1.29, 1.82) is 0 Å². The molecule has 18 heavy (non-hydrogen) atoms. The summed E-state index contributed by atoms with van der Waals surface area (Å²) in [5.74, 6) is 6.44. The van der Waals surface area contributed by atoms with Gasteiger partial charge in [-0.1, -0.05) is 19.3 Å². The molecule has 0 unspecified atom stereocenters. The fourth-order valence-corrected chi connectivity index (χ4v) is 2.52. The van der Waals surface area contributed by atoms with Crippen LogP contribution < -0.4 is 16.6 Å². The molecular formula is C12H21N5O. The Morgan fingerprint density at radius 2 is 2.06 bits per heavy atom. The lowest BCUT2D eigenvalue weighted by Gasteiger charge is -2.37. The van der Waals surface area contributed by atoms with Crippen molar-refractivity contribution in [2.75, 3.05) is 17.3 Å². The quantitative estimate of drug-likeness (QED) is 0.474. The molecule has 5 N–H and O–H groups in total. The van der Waals surface area contributed by atoms with Gasteiger partial charge in [0, 0.05) is 11.8 Å². The predicted octanol–water partition coefficient (Wildman–Crippen LogP) is 1.18. The molecule has 0 spiro atoms. The molecule has 6 heteroatoms. The molecule has 1 fully saturated rings. The smallest absolute Gasteiger partial charge is 0.239 e. The lowest BCUT2D eigenvalue weighted by atomic mass is 9.82. The van der Waals surface area contributed by atoms with E-state index in [0.29, 0.717) is 11.8 Å². The molecule has 1 saturated carbocycles. The number of anilines is 2. The minimum absolute atomic E-state index is 0.126. The molecule has 1 aromatic heterocycles. The van der Waals surface area contributed by atoms with Gasteiger partial charge in [0.25, 0.3) is 0 Å². The molecular weight excluding hydrogens is 230 g/mol. The van der Waals surface area contributed by atoms with Crippen molar-refractivity contribution in [3.8, 4) is 0 Å². The fourth-order valence-electron chi connectivity index (χ4n) is 2.52. The van der Waals surface area contributed by atoms with Crippen molar-refractivity contribution in [3.05, 3.63) is 11.8 Å². The standard InChI is InChI=1S/C12H21N5O/c1-9-7-10(15-11(14-9)17-13)16-12(8-18)5-3-2-4-6-12/h7,18H,2-6,8,13H2,1H3,(H2,14,15,16,17). The maximum atomic E-state index is 9.65. The monoisotopic (exact) mass is 251 g/mol. The number of aryl methyl sites for hydroxylation is 1. The van der Waals surface area contributed by atoms with Gasteiger partial charge < -0.3 is 10.4 Å². The van der Waals surface area contributed by atoms with Crippen molar-refractivity contribution in [1.82, 2.24) is 9.97 Å². The summed E-state index contributed by atoms with van der Waals surface area (Å²) in [6.45, 7) is 2.02. The summed E-state index contributed by atoms with van der Waals surface area (Å²) in [4.78, 5) is 8.41. The van der Waals surface area contributed by atoms with Crippen molar-refractivity contribution < 1.29 is 5.11 Å². The summed E-state index contributed by atoms with van der Waals surface area (Å²) in [6, 6.07) is 1.87. The zero-order valence-corrected chi connectivity index (χ0v) is 10.7. The number of aliphatic hydroxyl groups excluding tert-OH is 1. The number of aromatic nitrogens is 2. The second kappa shape index (κ2) is 5.49. The topological polar surface area (TPSA) is 96.1 Å². The number of rotatable bonds is 4. The van der Waals surface area contributed by atoms with Crippen molar-refractivity contribution in [2.45, 2.75) is 44.6 Å². The Morgan fingerprint density at radius 1 is 1.33 bits per heavy atom. The third kappa shape index (κ3) is 2.88. The van der Waals surface area contributed by atoms with Gasteiger partial charge in [-0.3, -0.25) is 5.43 Å². The molecule has 0 aromatic carbocycles. The molecule has 0 bridgehead atoms. The van der Waals surface area contributed by atoms with E-state index in [-0.39, 0.29) is 12.1 Å². The average Bonchev–Trinajstić information content (AvgIpc) is 2.39. The third-order valence-corrected chi connectivity index (χ3v) is 3.49. The maximum absolute atomic E-state index is 9.65. The SMILES string of the molecule is Cc1cc(NC2(CO)CCCCC2)nc(NN)n1. The van der Waals surface area contributed by atoms with Gasteiger partial charge in [0.2, 0.25) is 5.95 Å². The van der Waals surface area contributed by atoms with Crippen LogP contribution in [0.3, 0.4) is 0 Å². The van der Waals surface area contributed by atoms with Gasteiger partial charge in [-0.25, -0.2) is 10.8 Å². The number of nitrogens with zero attached hydrogens (tertiary/aromatic N) is 2. The van der Waals surface area contributed by atoms with E-state index in [4.69, 9.17) is 5.84 Å². The Bertz CT molecular complexity index is 403. The van der Waals surface area contributed by atoms with Crippen LogP contribution in [0.25, 0.3) is 0 Å². The fraction of sp³-hybridized carbons (Fsp3) is 0.667. The van der Waals surface area contributed by atoms with Gasteiger partial charge in [-0.2, -0.15) is 4.98 Å². The van der Waals surface area contributed by atoms with Crippen LogP contribution in [0.4, 0.5) is 11.8 Å². The molecule has 1 heterocycles. The number of nitrogen functional groups attached to an aromatic ring is 1. The number of nitrogens with two attached hydrogens (primary N) is 1. The number of aliphatic hydroxyl groups is 1. The van der Waals surface area contributed by atoms with Crippen LogP contribution in [0.15, 0.2) is 6.07 Å². The number of hydrazine groups is 1. The molecule has 1 aromatic rings. The van der Waals surface area contributed by atoms with Crippen molar-refractivity contribution in [3.63, 3.8) is 0 Å². The van der Waals surface area contributed by atoms with Crippen LogP contribution in [0.1, 0.15) is 37.8 Å². The number of nitrogens with one attached hydrogen (secondary N) is 2. The molecule has 6 nitrogen and oxygen atoms in total. The Morgan fingerprint density at radius 3 is 2.67 bits per heavy atom.